The molecule has 1 aromatic carbocycles. The van der Waals surface area contributed by atoms with E-state index in [1.807, 2.05) is 6.07 Å². The van der Waals surface area contributed by atoms with Gasteiger partial charge in [-0.15, -0.1) is 0 Å². The molecule has 0 saturated carbocycles. The molecule has 0 aliphatic carbocycles. The maximum atomic E-state index is 12.1. The Morgan fingerprint density at radius 1 is 1.22 bits per heavy atom. The number of benzene rings is 1. The van der Waals surface area contributed by atoms with Crippen molar-refractivity contribution in [1.82, 2.24) is 5.32 Å². The zero-order valence-electron chi connectivity index (χ0n) is 11.5. The molecule has 2 rings (SSSR count). The Labute approximate surface area is 109 Å². The van der Waals surface area contributed by atoms with Gasteiger partial charge in [-0.25, -0.2) is 0 Å². The van der Waals surface area contributed by atoms with Crippen LogP contribution >= 0.6 is 0 Å². The van der Waals surface area contributed by atoms with E-state index < -0.39 is 0 Å². The number of carbonyl (C=O) groups is 1. The van der Waals surface area contributed by atoms with Crippen LogP contribution in [0.5, 0.6) is 0 Å². The Bertz CT molecular complexity index is 448. The predicted octanol–water partition coefficient (Wildman–Crippen LogP) is 2.69. The highest BCUT2D eigenvalue weighted by atomic mass is 16.2. The summed E-state index contributed by atoms with van der Waals surface area (Å²) in [5, 5.41) is 6.32. The summed E-state index contributed by atoms with van der Waals surface area (Å²) in [6.45, 7) is 7.20. The summed E-state index contributed by atoms with van der Waals surface area (Å²) in [4.78, 5) is 12.1. The Balaban J connectivity index is 2.09. The highest BCUT2D eigenvalue weighted by Crippen LogP contribution is 2.22. The fourth-order valence-corrected chi connectivity index (χ4v) is 2.39. The number of amides is 1. The molecule has 1 saturated heterocycles. The minimum absolute atomic E-state index is 0.0280. The summed E-state index contributed by atoms with van der Waals surface area (Å²) in [6.07, 6.45) is 3.25. The van der Waals surface area contributed by atoms with E-state index in [2.05, 4.69) is 37.5 Å². The first-order valence-corrected chi connectivity index (χ1v) is 6.70. The predicted molar refractivity (Wildman–Crippen MR) is 74.9 cm³/mol. The van der Waals surface area contributed by atoms with Gasteiger partial charge in [0.15, 0.2) is 0 Å². The van der Waals surface area contributed by atoms with Crippen LogP contribution in [0.2, 0.25) is 0 Å². The lowest BCUT2D eigenvalue weighted by molar-refractivity contribution is -0.118. The van der Waals surface area contributed by atoms with Crippen molar-refractivity contribution in [2.45, 2.75) is 46.1 Å². The van der Waals surface area contributed by atoms with Gasteiger partial charge in [-0.2, -0.15) is 0 Å². The molecule has 18 heavy (non-hydrogen) atoms. The van der Waals surface area contributed by atoms with E-state index in [1.54, 1.807) is 0 Å². The summed E-state index contributed by atoms with van der Waals surface area (Å²) < 4.78 is 0. The summed E-state index contributed by atoms with van der Waals surface area (Å²) in [5.41, 5.74) is 4.63. The van der Waals surface area contributed by atoms with Gasteiger partial charge in [-0.1, -0.05) is 12.5 Å². The van der Waals surface area contributed by atoms with E-state index in [0.29, 0.717) is 0 Å². The molecular formula is C15H22N2O. The van der Waals surface area contributed by atoms with Crippen LogP contribution in [0, 0.1) is 20.8 Å². The van der Waals surface area contributed by atoms with E-state index in [-0.39, 0.29) is 11.9 Å². The molecule has 0 spiro atoms. The molecule has 1 aliphatic heterocycles. The quantitative estimate of drug-likeness (QED) is 0.842. The van der Waals surface area contributed by atoms with Gasteiger partial charge in [-0.05, 0) is 62.9 Å². The molecule has 1 unspecified atom stereocenters. The van der Waals surface area contributed by atoms with Crippen molar-refractivity contribution in [1.29, 1.82) is 0 Å². The Kier molecular flexibility index (Phi) is 4.02. The average Bonchev–Trinajstić information content (AvgIpc) is 2.40. The maximum absolute atomic E-state index is 12.1. The second-order valence-electron chi connectivity index (χ2n) is 5.17. The van der Waals surface area contributed by atoms with Crippen molar-refractivity contribution < 1.29 is 4.79 Å². The van der Waals surface area contributed by atoms with Gasteiger partial charge in [0.25, 0.3) is 0 Å². The van der Waals surface area contributed by atoms with E-state index >= 15 is 0 Å². The van der Waals surface area contributed by atoms with Crippen molar-refractivity contribution >= 4 is 11.6 Å². The summed E-state index contributed by atoms with van der Waals surface area (Å²) in [5.74, 6) is 0.0982. The third-order valence-electron chi connectivity index (χ3n) is 3.94. The van der Waals surface area contributed by atoms with Crippen LogP contribution in [0.3, 0.4) is 0 Å². The summed E-state index contributed by atoms with van der Waals surface area (Å²) in [7, 11) is 0. The number of nitrogens with one attached hydrogen (secondary N) is 2. The molecule has 0 radical (unpaired) electrons. The maximum Gasteiger partial charge on any atom is 0.241 e. The summed E-state index contributed by atoms with van der Waals surface area (Å²) in [6, 6.07) is 4.03. The molecule has 1 fully saturated rings. The van der Waals surface area contributed by atoms with Crippen LogP contribution in [0.1, 0.15) is 36.0 Å². The molecule has 1 amide bonds. The summed E-state index contributed by atoms with van der Waals surface area (Å²) >= 11 is 0. The van der Waals surface area contributed by atoms with Crippen LogP contribution < -0.4 is 10.6 Å². The second kappa shape index (κ2) is 5.53. The number of piperidine rings is 1. The molecule has 1 heterocycles. The van der Waals surface area contributed by atoms with E-state index in [9.17, 15) is 4.79 Å². The fraction of sp³-hybridized carbons (Fsp3) is 0.533. The Morgan fingerprint density at radius 2 is 2.00 bits per heavy atom. The average molecular weight is 246 g/mol. The van der Waals surface area contributed by atoms with Crippen molar-refractivity contribution in [3.63, 3.8) is 0 Å². The molecule has 1 atom stereocenters. The lowest BCUT2D eigenvalue weighted by Crippen LogP contribution is -2.43. The van der Waals surface area contributed by atoms with Crippen molar-refractivity contribution in [2.24, 2.45) is 0 Å². The number of hydrogen-bond donors (Lipinski definition) is 2. The van der Waals surface area contributed by atoms with Crippen LogP contribution in [0.15, 0.2) is 12.1 Å². The van der Waals surface area contributed by atoms with Crippen molar-refractivity contribution in [3.05, 3.63) is 28.8 Å². The second-order valence-corrected chi connectivity index (χ2v) is 5.17. The highest BCUT2D eigenvalue weighted by molar-refractivity contribution is 5.95. The van der Waals surface area contributed by atoms with Crippen LogP contribution in [-0.2, 0) is 4.79 Å². The minimum Gasteiger partial charge on any atom is -0.324 e. The SMILES string of the molecule is Cc1ccc(NC(=O)C2CCCCN2)c(C)c1C. The van der Waals surface area contributed by atoms with Crippen LogP contribution in [0.4, 0.5) is 5.69 Å². The number of hydrogen-bond acceptors (Lipinski definition) is 2. The topological polar surface area (TPSA) is 41.1 Å². The van der Waals surface area contributed by atoms with E-state index in [4.69, 9.17) is 0 Å². The molecule has 2 N–H and O–H groups in total. The van der Waals surface area contributed by atoms with Gasteiger partial charge in [0.05, 0.1) is 6.04 Å². The normalized spacial score (nSPS) is 19.6. The van der Waals surface area contributed by atoms with Gasteiger partial charge < -0.3 is 10.6 Å². The molecule has 3 nitrogen and oxygen atoms in total. The van der Waals surface area contributed by atoms with Crippen molar-refractivity contribution in [3.8, 4) is 0 Å². The number of rotatable bonds is 2. The smallest absolute Gasteiger partial charge is 0.241 e. The Hall–Kier alpha value is -1.35. The molecular weight excluding hydrogens is 224 g/mol. The van der Waals surface area contributed by atoms with Gasteiger partial charge in [0.1, 0.15) is 0 Å². The first-order valence-electron chi connectivity index (χ1n) is 6.70. The highest BCUT2D eigenvalue weighted by Gasteiger charge is 2.21. The van der Waals surface area contributed by atoms with Crippen LogP contribution in [0.25, 0.3) is 0 Å². The standard InChI is InChI=1S/C15H22N2O/c1-10-7-8-13(12(3)11(10)2)17-15(18)14-6-4-5-9-16-14/h7-8,14,16H,4-6,9H2,1-3H3,(H,17,18). The zero-order valence-corrected chi connectivity index (χ0v) is 11.5. The largest absolute Gasteiger partial charge is 0.324 e. The van der Waals surface area contributed by atoms with Gasteiger partial charge in [0, 0.05) is 5.69 Å². The fourth-order valence-electron chi connectivity index (χ4n) is 2.39. The van der Waals surface area contributed by atoms with E-state index in [0.717, 1.165) is 25.1 Å². The van der Waals surface area contributed by atoms with Gasteiger partial charge in [0.2, 0.25) is 5.91 Å². The van der Waals surface area contributed by atoms with Gasteiger partial charge in [-0.3, -0.25) is 4.79 Å². The lowest BCUT2D eigenvalue weighted by atomic mass is 10.0. The Morgan fingerprint density at radius 3 is 2.67 bits per heavy atom. The van der Waals surface area contributed by atoms with Crippen molar-refractivity contribution in [2.75, 3.05) is 11.9 Å². The zero-order chi connectivity index (χ0) is 13.1. The van der Waals surface area contributed by atoms with Gasteiger partial charge >= 0.3 is 0 Å². The van der Waals surface area contributed by atoms with E-state index in [1.165, 1.54) is 23.1 Å². The monoisotopic (exact) mass is 246 g/mol. The third-order valence-corrected chi connectivity index (χ3v) is 3.94. The minimum atomic E-state index is -0.0280. The lowest BCUT2D eigenvalue weighted by Gasteiger charge is -2.23. The first-order chi connectivity index (χ1) is 8.59. The molecule has 1 aliphatic rings. The molecule has 98 valence electrons. The molecule has 1 aromatic rings. The first kappa shape index (κ1) is 13.1. The molecule has 0 aromatic heterocycles. The number of anilines is 1. The number of carbonyl (C=O) groups excluding carboxylic acids is 1. The van der Waals surface area contributed by atoms with Crippen LogP contribution in [-0.4, -0.2) is 18.5 Å². The molecule has 3 heteroatoms. The molecule has 0 bridgehead atoms. The third kappa shape index (κ3) is 2.72. The number of aryl methyl sites for hydroxylation is 1.